The molecule has 2 aliphatic rings. The van der Waals surface area contributed by atoms with Gasteiger partial charge in [0.05, 0.1) is 30.7 Å². The van der Waals surface area contributed by atoms with E-state index >= 15 is 0 Å². The third kappa shape index (κ3) is 4.14. The normalized spacial score (nSPS) is 23.0. The molecule has 0 saturated carbocycles. The smallest absolute Gasteiger partial charge is 0.291 e. The first kappa shape index (κ1) is 19.9. The Labute approximate surface area is 173 Å². The Kier molecular flexibility index (Phi) is 6.13. The number of carbonyl (C=O) groups excluding carboxylic acids is 3. The molecule has 0 bridgehead atoms. The van der Waals surface area contributed by atoms with E-state index in [1.807, 2.05) is 6.07 Å². The monoisotopic (exact) mass is 414 g/mol. The zero-order chi connectivity index (χ0) is 20.2. The SMILES string of the molecule is O=C1C(=O)N(CCC[NH+]2CCOCC2)C(c2cccnc2)C1C(=O)c1cccs1. The second-order valence-electron chi connectivity index (χ2n) is 7.38. The third-order valence-electron chi connectivity index (χ3n) is 5.61. The molecule has 1 N–H and O–H groups in total. The van der Waals surface area contributed by atoms with Crippen LogP contribution < -0.4 is 4.90 Å². The molecule has 2 unspecified atom stereocenters. The molecule has 0 spiro atoms. The summed E-state index contributed by atoms with van der Waals surface area (Å²) in [4.78, 5) is 46.4. The number of amides is 1. The Morgan fingerprint density at radius 1 is 1.24 bits per heavy atom. The molecule has 2 saturated heterocycles. The minimum absolute atomic E-state index is 0.284. The molecule has 7 nitrogen and oxygen atoms in total. The minimum atomic E-state index is -1.01. The average molecular weight is 415 g/mol. The highest BCUT2D eigenvalue weighted by molar-refractivity contribution is 7.12. The Morgan fingerprint density at radius 3 is 2.76 bits per heavy atom. The first-order valence-electron chi connectivity index (χ1n) is 9.90. The Bertz CT molecular complexity index is 865. The lowest BCUT2D eigenvalue weighted by Crippen LogP contribution is -3.14. The van der Waals surface area contributed by atoms with Crippen LogP contribution in [0.15, 0.2) is 42.0 Å². The molecule has 4 rings (SSSR count). The molecule has 2 aliphatic heterocycles. The molecule has 0 radical (unpaired) electrons. The summed E-state index contributed by atoms with van der Waals surface area (Å²) in [6, 6.07) is 6.48. The van der Waals surface area contributed by atoms with E-state index in [2.05, 4.69) is 4.98 Å². The number of ether oxygens (including phenoxy) is 1. The maximum absolute atomic E-state index is 13.1. The number of Topliss-reactive ketones (excluding diaryl/α,β-unsaturated/α-hetero) is 2. The third-order valence-corrected chi connectivity index (χ3v) is 6.49. The molecule has 2 fully saturated rings. The summed E-state index contributed by atoms with van der Waals surface area (Å²) in [6.45, 7) is 4.78. The van der Waals surface area contributed by atoms with Crippen LogP contribution in [0, 0.1) is 5.92 Å². The van der Waals surface area contributed by atoms with Gasteiger partial charge in [0.2, 0.25) is 5.78 Å². The van der Waals surface area contributed by atoms with E-state index in [1.54, 1.807) is 40.9 Å². The topological polar surface area (TPSA) is 81.0 Å². The van der Waals surface area contributed by atoms with E-state index < -0.39 is 23.7 Å². The standard InChI is InChI=1S/C21H23N3O4S/c25-19(16-5-2-13-29-16)17-18(15-4-1-6-22-14-15)24(21(27)20(17)26)8-3-7-23-9-11-28-12-10-23/h1-2,4-6,13-14,17-18H,3,7-12H2/p+1. The number of morpholine rings is 1. The molecule has 29 heavy (non-hydrogen) atoms. The summed E-state index contributed by atoms with van der Waals surface area (Å²) in [6.07, 6.45) is 4.06. The van der Waals surface area contributed by atoms with E-state index in [0.717, 1.165) is 44.8 Å². The minimum Gasteiger partial charge on any atom is -0.370 e. The van der Waals surface area contributed by atoms with E-state index in [0.29, 0.717) is 11.4 Å². The maximum atomic E-state index is 13.1. The Hall–Kier alpha value is -2.42. The molecule has 2 aromatic rings. The lowest BCUT2D eigenvalue weighted by molar-refractivity contribution is -0.908. The van der Waals surface area contributed by atoms with E-state index in [-0.39, 0.29) is 5.78 Å². The van der Waals surface area contributed by atoms with Crippen molar-refractivity contribution in [3.05, 3.63) is 52.5 Å². The number of thiophene rings is 1. The Balaban J connectivity index is 1.56. The number of pyridine rings is 1. The summed E-state index contributed by atoms with van der Waals surface area (Å²) in [5, 5.41) is 1.80. The van der Waals surface area contributed by atoms with Crippen LogP contribution in [0.4, 0.5) is 0 Å². The first-order chi connectivity index (χ1) is 14.2. The molecular formula is C21H24N3O4S+. The number of nitrogens with zero attached hydrogens (tertiary/aromatic N) is 2. The van der Waals surface area contributed by atoms with Crippen LogP contribution in [0.2, 0.25) is 0 Å². The molecule has 4 heterocycles. The fraction of sp³-hybridized carbons (Fsp3) is 0.429. The van der Waals surface area contributed by atoms with Crippen LogP contribution in [0.3, 0.4) is 0 Å². The van der Waals surface area contributed by atoms with Gasteiger partial charge in [-0.1, -0.05) is 12.1 Å². The second-order valence-corrected chi connectivity index (χ2v) is 8.33. The molecule has 2 atom stereocenters. The number of nitrogens with one attached hydrogen (secondary N) is 1. The van der Waals surface area contributed by atoms with Crippen molar-refractivity contribution < 1.29 is 24.0 Å². The van der Waals surface area contributed by atoms with Crippen LogP contribution in [-0.4, -0.2) is 66.8 Å². The summed E-state index contributed by atoms with van der Waals surface area (Å²) in [5.41, 5.74) is 0.723. The predicted molar refractivity (Wildman–Crippen MR) is 107 cm³/mol. The van der Waals surface area contributed by atoms with E-state index in [9.17, 15) is 14.4 Å². The van der Waals surface area contributed by atoms with Gasteiger partial charge >= 0.3 is 0 Å². The second kappa shape index (κ2) is 8.94. The van der Waals surface area contributed by atoms with E-state index in [4.69, 9.17) is 4.74 Å². The molecule has 0 aliphatic carbocycles. The lowest BCUT2D eigenvalue weighted by Gasteiger charge is -2.28. The highest BCUT2D eigenvalue weighted by Gasteiger charge is 2.51. The van der Waals surface area contributed by atoms with Crippen molar-refractivity contribution in [2.24, 2.45) is 5.92 Å². The average Bonchev–Trinajstić information content (AvgIpc) is 3.38. The van der Waals surface area contributed by atoms with Gasteiger partial charge in [-0.25, -0.2) is 0 Å². The van der Waals surface area contributed by atoms with Crippen LogP contribution in [0.5, 0.6) is 0 Å². The van der Waals surface area contributed by atoms with Gasteiger partial charge in [-0.05, 0) is 23.1 Å². The predicted octanol–water partition coefficient (Wildman–Crippen LogP) is 0.400. The number of carbonyl (C=O) groups is 3. The van der Waals surface area contributed by atoms with E-state index in [1.165, 1.54) is 16.2 Å². The van der Waals surface area contributed by atoms with Crippen molar-refractivity contribution in [2.45, 2.75) is 12.5 Å². The van der Waals surface area contributed by atoms with Crippen molar-refractivity contribution in [2.75, 3.05) is 39.4 Å². The van der Waals surface area contributed by atoms with Gasteiger partial charge in [-0.15, -0.1) is 11.3 Å². The lowest BCUT2D eigenvalue weighted by atomic mass is 9.89. The zero-order valence-corrected chi connectivity index (χ0v) is 16.9. The van der Waals surface area contributed by atoms with Gasteiger partial charge in [0, 0.05) is 25.4 Å². The molecule has 152 valence electrons. The fourth-order valence-corrected chi connectivity index (χ4v) is 4.84. The van der Waals surface area contributed by atoms with Gasteiger partial charge in [0.15, 0.2) is 5.78 Å². The number of ketones is 2. The van der Waals surface area contributed by atoms with Crippen molar-refractivity contribution in [3.8, 4) is 0 Å². The summed E-state index contributed by atoms with van der Waals surface area (Å²) >= 11 is 1.29. The van der Waals surface area contributed by atoms with Gasteiger partial charge in [0.25, 0.3) is 5.91 Å². The fourth-order valence-electron chi connectivity index (χ4n) is 4.13. The number of rotatable bonds is 7. The number of quaternary nitrogens is 1. The van der Waals surface area contributed by atoms with Crippen molar-refractivity contribution in [1.29, 1.82) is 0 Å². The number of hydrogen-bond acceptors (Lipinski definition) is 6. The number of likely N-dealkylation sites (tertiary alicyclic amines) is 1. The quantitative estimate of drug-likeness (QED) is 0.403. The highest BCUT2D eigenvalue weighted by atomic mass is 32.1. The maximum Gasteiger partial charge on any atom is 0.291 e. The molecule has 1 amide bonds. The number of aromatic nitrogens is 1. The van der Waals surface area contributed by atoms with Crippen LogP contribution >= 0.6 is 11.3 Å². The van der Waals surface area contributed by atoms with Crippen molar-refractivity contribution in [1.82, 2.24) is 9.88 Å². The van der Waals surface area contributed by atoms with Gasteiger partial charge < -0.3 is 14.5 Å². The molecule has 2 aromatic heterocycles. The largest absolute Gasteiger partial charge is 0.370 e. The van der Waals surface area contributed by atoms with Gasteiger partial charge in [0.1, 0.15) is 19.0 Å². The molecular weight excluding hydrogens is 390 g/mol. The summed E-state index contributed by atoms with van der Waals surface area (Å²) in [7, 11) is 0. The molecule has 8 heteroatoms. The van der Waals surface area contributed by atoms with Crippen molar-refractivity contribution >= 4 is 28.8 Å². The van der Waals surface area contributed by atoms with Crippen LogP contribution in [-0.2, 0) is 14.3 Å². The summed E-state index contributed by atoms with van der Waals surface area (Å²) in [5.74, 6) is -2.48. The number of hydrogen-bond donors (Lipinski definition) is 1. The Morgan fingerprint density at radius 2 is 2.07 bits per heavy atom. The first-order valence-corrected chi connectivity index (χ1v) is 10.8. The van der Waals surface area contributed by atoms with Crippen molar-refractivity contribution in [3.63, 3.8) is 0 Å². The van der Waals surface area contributed by atoms with Gasteiger partial charge in [-0.2, -0.15) is 0 Å². The van der Waals surface area contributed by atoms with Gasteiger partial charge in [-0.3, -0.25) is 19.4 Å². The highest BCUT2D eigenvalue weighted by Crippen LogP contribution is 2.38. The summed E-state index contributed by atoms with van der Waals surface area (Å²) < 4.78 is 5.39. The zero-order valence-electron chi connectivity index (χ0n) is 16.1. The molecule has 0 aromatic carbocycles. The van der Waals surface area contributed by atoms with Crippen LogP contribution in [0.1, 0.15) is 27.7 Å². The van der Waals surface area contributed by atoms with Crippen LogP contribution in [0.25, 0.3) is 0 Å².